The van der Waals surface area contributed by atoms with Crippen LogP contribution in [0.1, 0.15) is 22.3 Å². The monoisotopic (exact) mass is 222 g/mol. The highest BCUT2D eigenvalue weighted by Gasteiger charge is 2.22. The topological polar surface area (TPSA) is 26.3 Å². The number of carbonyl (C=O) groups is 1. The Morgan fingerprint density at radius 2 is 1.87 bits per heavy atom. The summed E-state index contributed by atoms with van der Waals surface area (Å²) in [4.78, 5) is 10.9. The number of hydrogen-bond acceptors (Lipinski definition) is 2. The summed E-state index contributed by atoms with van der Waals surface area (Å²) in [5.41, 5.74) is -1.79. The van der Waals surface area contributed by atoms with E-state index < -0.39 is 35.2 Å². The lowest BCUT2D eigenvalue weighted by atomic mass is 10.1. The van der Waals surface area contributed by atoms with Gasteiger partial charge in [-0.25, -0.2) is 22.4 Å². The van der Waals surface area contributed by atoms with Crippen molar-refractivity contribution in [1.29, 1.82) is 0 Å². The minimum atomic E-state index is -3.13. The molecule has 0 amide bonds. The third-order valence-electron chi connectivity index (χ3n) is 1.75. The lowest BCUT2D eigenvalue weighted by molar-refractivity contribution is 0.0593. The van der Waals surface area contributed by atoms with E-state index in [1.807, 2.05) is 0 Å². The number of alkyl halides is 2. The van der Waals surface area contributed by atoms with Gasteiger partial charge >= 0.3 is 5.97 Å². The highest BCUT2D eigenvalue weighted by molar-refractivity contribution is 5.89. The summed E-state index contributed by atoms with van der Waals surface area (Å²) >= 11 is 0. The van der Waals surface area contributed by atoms with Gasteiger partial charge in [-0.2, -0.15) is 0 Å². The summed E-state index contributed by atoms with van der Waals surface area (Å²) in [7, 11) is 0.973. The number of ether oxygens (including phenoxy) is 1. The number of rotatable bonds is 2. The Balaban J connectivity index is 3.27. The Bertz CT molecular complexity index is 390. The maximum Gasteiger partial charge on any atom is 0.340 e. The maximum atomic E-state index is 13.1. The minimum absolute atomic E-state index is 0.648. The quantitative estimate of drug-likeness (QED) is 0.568. The average Bonchev–Trinajstić information content (AvgIpc) is 2.20. The molecule has 0 spiro atoms. The molecule has 82 valence electrons. The van der Waals surface area contributed by atoms with Crippen molar-refractivity contribution in [2.24, 2.45) is 0 Å². The fraction of sp³-hybridized carbons (Fsp3) is 0.222. The van der Waals surface area contributed by atoms with E-state index in [1.54, 1.807) is 0 Å². The molecule has 1 aromatic carbocycles. The van der Waals surface area contributed by atoms with Crippen molar-refractivity contribution in [2.75, 3.05) is 7.11 Å². The van der Waals surface area contributed by atoms with Crippen LogP contribution in [0.2, 0.25) is 0 Å². The first-order chi connectivity index (χ1) is 6.99. The van der Waals surface area contributed by atoms with E-state index in [0.29, 0.717) is 6.07 Å². The summed E-state index contributed by atoms with van der Waals surface area (Å²) in [6.07, 6.45) is -3.13. The molecule has 0 atom stereocenters. The Hall–Kier alpha value is -1.59. The highest BCUT2D eigenvalue weighted by Crippen LogP contribution is 2.25. The zero-order valence-corrected chi connectivity index (χ0v) is 7.56. The van der Waals surface area contributed by atoms with E-state index >= 15 is 0 Å². The van der Waals surface area contributed by atoms with Gasteiger partial charge in [0, 0.05) is 0 Å². The number of carbonyl (C=O) groups excluding carboxylic acids is 1. The molecule has 0 saturated heterocycles. The second-order valence-corrected chi connectivity index (χ2v) is 2.62. The van der Waals surface area contributed by atoms with Crippen LogP contribution in [0, 0.1) is 11.6 Å². The summed E-state index contributed by atoms with van der Waals surface area (Å²) < 4.78 is 54.3. The molecule has 0 aliphatic carbocycles. The van der Waals surface area contributed by atoms with Crippen molar-refractivity contribution in [2.45, 2.75) is 6.43 Å². The molecule has 0 aliphatic heterocycles. The van der Waals surface area contributed by atoms with Crippen molar-refractivity contribution in [3.8, 4) is 0 Å². The Kier molecular flexibility index (Phi) is 3.28. The zero-order chi connectivity index (χ0) is 11.6. The third kappa shape index (κ3) is 2.08. The molecule has 0 aliphatic rings. The molecular formula is C9H6F4O2. The van der Waals surface area contributed by atoms with Crippen molar-refractivity contribution >= 4 is 5.97 Å². The molecular weight excluding hydrogens is 216 g/mol. The van der Waals surface area contributed by atoms with Crippen LogP contribution >= 0.6 is 0 Å². The fourth-order valence-corrected chi connectivity index (χ4v) is 1.00. The van der Waals surface area contributed by atoms with Crippen LogP contribution in [-0.4, -0.2) is 13.1 Å². The molecule has 0 unspecified atom stereocenters. The molecule has 15 heavy (non-hydrogen) atoms. The second-order valence-electron chi connectivity index (χ2n) is 2.62. The SMILES string of the molecule is COC(=O)c1ccc(C(F)F)c(F)c1F. The van der Waals surface area contributed by atoms with Gasteiger partial charge in [-0.1, -0.05) is 0 Å². The summed E-state index contributed by atoms with van der Waals surface area (Å²) in [6.45, 7) is 0. The van der Waals surface area contributed by atoms with Crippen LogP contribution in [0.3, 0.4) is 0 Å². The molecule has 0 aromatic heterocycles. The zero-order valence-electron chi connectivity index (χ0n) is 7.56. The van der Waals surface area contributed by atoms with Gasteiger partial charge < -0.3 is 4.74 Å². The summed E-state index contributed by atoms with van der Waals surface area (Å²) in [5, 5.41) is 0. The highest BCUT2D eigenvalue weighted by atomic mass is 19.3. The number of methoxy groups -OCH3 is 1. The molecule has 0 saturated carbocycles. The van der Waals surface area contributed by atoms with Gasteiger partial charge in [0.1, 0.15) is 0 Å². The van der Waals surface area contributed by atoms with Gasteiger partial charge in [-0.15, -0.1) is 0 Å². The lowest BCUT2D eigenvalue weighted by Crippen LogP contribution is -2.08. The Morgan fingerprint density at radius 3 is 2.33 bits per heavy atom. The first-order valence-corrected chi connectivity index (χ1v) is 3.83. The van der Waals surface area contributed by atoms with E-state index in [4.69, 9.17) is 0 Å². The maximum absolute atomic E-state index is 13.1. The van der Waals surface area contributed by atoms with Crippen LogP contribution in [0.25, 0.3) is 0 Å². The van der Waals surface area contributed by atoms with E-state index in [9.17, 15) is 22.4 Å². The van der Waals surface area contributed by atoms with Crippen LogP contribution < -0.4 is 0 Å². The van der Waals surface area contributed by atoms with Gasteiger partial charge in [0.05, 0.1) is 18.2 Å². The predicted octanol–water partition coefficient (Wildman–Crippen LogP) is 2.69. The Labute approximate surface area is 82.5 Å². The molecule has 0 fully saturated rings. The molecule has 6 heteroatoms. The lowest BCUT2D eigenvalue weighted by Gasteiger charge is -2.05. The van der Waals surface area contributed by atoms with Crippen molar-refractivity contribution < 1.29 is 27.1 Å². The first-order valence-electron chi connectivity index (χ1n) is 3.83. The van der Waals surface area contributed by atoms with Gasteiger partial charge in [0.2, 0.25) is 0 Å². The number of esters is 1. The van der Waals surface area contributed by atoms with Crippen LogP contribution in [0.5, 0.6) is 0 Å². The first kappa shape index (κ1) is 11.5. The standard InChI is InChI=1S/C9H6F4O2/c1-15-9(14)5-3-2-4(8(12)13)6(10)7(5)11/h2-3,8H,1H3. The molecule has 0 radical (unpaired) electrons. The van der Waals surface area contributed by atoms with E-state index in [2.05, 4.69) is 4.74 Å². The van der Waals surface area contributed by atoms with E-state index in [1.165, 1.54) is 0 Å². The number of hydrogen-bond donors (Lipinski definition) is 0. The smallest absolute Gasteiger partial charge is 0.340 e. The molecule has 0 N–H and O–H groups in total. The van der Waals surface area contributed by atoms with Crippen molar-refractivity contribution in [3.05, 3.63) is 34.9 Å². The second kappa shape index (κ2) is 4.29. The largest absolute Gasteiger partial charge is 0.465 e. The van der Waals surface area contributed by atoms with Gasteiger partial charge in [0.25, 0.3) is 6.43 Å². The van der Waals surface area contributed by atoms with Crippen molar-refractivity contribution in [3.63, 3.8) is 0 Å². The molecule has 0 bridgehead atoms. The van der Waals surface area contributed by atoms with Crippen LogP contribution in [0.4, 0.5) is 17.6 Å². The summed E-state index contributed by atoms with van der Waals surface area (Å²) in [5.74, 6) is -4.47. The predicted molar refractivity (Wildman–Crippen MR) is 42.7 cm³/mol. The third-order valence-corrected chi connectivity index (χ3v) is 1.75. The molecule has 0 heterocycles. The van der Waals surface area contributed by atoms with Gasteiger partial charge in [-0.3, -0.25) is 0 Å². The minimum Gasteiger partial charge on any atom is -0.465 e. The molecule has 2 nitrogen and oxygen atoms in total. The Morgan fingerprint density at radius 1 is 1.27 bits per heavy atom. The fourth-order valence-electron chi connectivity index (χ4n) is 1.00. The average molecular weight is 222 g/mol. The van der Waals surface area contributed by atoms with E-state index in [0.717, 1.165) is 13.2 Å². The number of halogens is 4. The molecule has 1 rings (SSSR count). The van der Waals surface area contributed by atoms with Gasteiger partial charge in [-0.05, 0) is 12.1 Å². The molecule has 1 aromatic rings. The van der Waals surface area contributed by atoms with Gasteiger partial charge in [0.15, 0.2) is 11.6 Å². The normalized spacial score (nSPS) is 10.5. The van der Waals surface area contributed by atoms with Crippen LogP contribution in [0.15, 0.2) is 12.1 Å². The van der Waals surface area contributed by atoms with Crippen LogP contribution in [-0.2, 0) is 4.74 Å². The van der Waals surface area contributed by atoms with E-state index in [-0.39, 0.29) is 0 Å². The number of benzene rings is 1. The summed E-state index contributed by atoms with van der Waals surface area (Å²) in [6, 6.07) is 1.40. The van der Waals surface area contributed by atoms with Crippen molar-refractivity contribution in [1.82, 2.24) is 0 Å².